The molecule has 1 aliphatic heterocycles. The molecule has 0 atom stereocenters. The zero-order valence-electron chi connectivity index (χ0n) is 10.4. The molecule has 19 heavy (non-hydrogen) atoms. The van der Waals surface area contributed by atoms with Crippen molar-refractivity contribution in [3.63, 3.8) is 0 Å². The highest BCUT2D eigenvalue weighted by Gasteiger charge is 2.14. The number of hydrogen-bond donors (Lipinski definition) is 0. The van der Waals surface area contributed by atoms with E-state index in [-0.39, 0.29) is 10.6 Å². The van der Waals surface area contributed by atoms with E-state index in [0.717, 1.165) is 37.2 Å². The van der Waals surface area contributed by atoms with E-state index in [0.29, 0.717) is 6.67 Å². The van der Waals surface area contributed by atoms with Gasteiger partial charge < -0.3 is 4.74 Å². The number of non-ortho nitro benzene ring substituents is 1. The van der Waals surface area contributed by atoms with Gasteiger partial charge in [-0.2, -0.15) is 5.10 Å². The molecule has 0 radical (unpaired) electrons. The molecule has 100 valence electrons. The number of hydrogen-bond acceptors (Lipinski definition) is 5. The summed E-state index contributed by atoms with van der Waals surface area (Å²) in [4.78, 5) is 12.7. The standard InChI is InChI=1S/C12H14N4O3/c17-16(18)11-2-1-10-8-13-15(12(10)7-11)9-14-3-5-19-6-4-14/h1-2,7-8H,3-6,9H2. The van der Waals surface area contributed by atoms with E-state index in [1.54, 1.807) is 23.0 Å². The molecular formula is C12H14N4O3. The number of aromatic nitrogens is 2. The highest BCUT2D eigenvalue weighted by atomic mass is 16.6. The third-order valence-electron chi connectivity index (χ3n) is 3.28. The van der Waals surface area contributed by atoms with Gasteiger partial charge in [-0.3, -0.25) is 19.7 Å². The SMILES string of the molecule is O=[N+]([O-])c1ccc2cnn(CN3CCOCC3)c2c1. The van der Waals surface area contributed by atoms with Gasteiger partial charge in [0.2, 0.25) is 0 Å². The molecule has 3 rings (SSSR count). The van der Waals surface area contributed by atoms with Crippen molar-refractivity contribution in [3.05, 3.63) is 34.5 Å². The normalized spacial score (nSPS) is 16.8. The van der Waals surface area contributed by atoms with Crippen LogP contribution in [-0.2, 0) is 11.4 Å². The van der Waals surface area contributed by atoms with Crippen LogP contribution in [0.4, 0.5) is 5.69 Å². The summed E-state index contributed by atoms with van der Waals surface area (Å²) in [5.74, 6) is 0. The van der Waals surface area contributed by atoms with Crippen LogP contribution in [0.3, 0.4) is 0 Å². The van der Waals surface area contributed by atoms with Crippen LogP contribution in [0.5, 0.6) is 0 Å². The number of nitro groups is 1. The number of fused-ring (bicyclic) bond motifs is 1. The Labute approximate surface area is 109 Å². The Morgan fingerprint density at radius 2 is 2.16 bits per heavy atom. The molecule has 0 spiro atoms. The molecule has 1 fully saturated rings. The summed E-state index contributed by atoms with van der Waals surface area (Å²) < 4.78 is 7.10. The molecule has 0 bridgehead atoms. The van der Waals surface area contributed by atoms with Crippen LogP contribution >= 0.6 is 0 Å². The summed E-state index contributed by atoms with van der Waals surface area (Å²) in [6, 6.07) is 4.81. The summed E-state index contributed by atoms with van der Waals surface area (Å²) in [6.07, 6.45) is 1.74. The maximum Gasteiger partial charge on any atom is 0.271 e. The number of nitrogens with zero attached hydrogens (tertiary/aromatic N) is 4. The second-order valence-corrected chi connectivity index (χ2v) is 4.52. The summed E-state index contributed by atoms with van der Waals surface area (Å²) in [7, 11) is 0. The molecule has 0 aliphatic carbocycles. The van der Waals surface area contributed by atoms with E-state index in [1.807, 2.05) is 0 Å². The second kappa shape index (κ2) is 4.94. The minimum absolute atomic E-state index is 0.0937. The molecule has 7 nitrogen and oxygen atoms in total. The molecule has 0 saturated carbocycles. The lowest BCUT2D eigenvalue weighted by atomic mass is 10.2. The molecule has 0 amide bonds. The smallest absolute Gasteiger partial charge is 0.271 e. The number of nitro benzene ring substituents is 1. The van der Waals surface area contributed by atoms with Crippen molar-refractivity contribution in [1.82, 2.24) is 14.7 Å². The van der Waals surface area contributed by atoms with Crippen LogP contribution in [0.15, 0.2) is 24.4 Å². The Hall–Kier alpha value is -1.99. The van der Waals surface area contributed by atoms with Gasteiger partial charge in [0.25, 0.3) is 5.69 Å². The minimum atomic E-state index is -0.383. The van der Waals surface area contributed by atoms with Crippen LogP contribution in [0.1, 0.15) is 0 Å². The zero-order chi connectivity index (χ0) is 13.2. The van der Waals surface area contributed by atoms with Crippen molar-refractivity contribution in [2.24, 2.45) is 0 Å². The maximum atomic E-state index is 10.8. The van der Waals surface area contributed by atoms with Gasteiger partial charge in [-0.1, -0.05) is 0 Å². The van der Waals surface area contributed by atoms with E-state index >= 15 is 0 Å². The first-order valence-electron chi connectivity index (χ1n) is 6.14. The summed E-state index contributed by atoms with van der Waals surface area (Å²) in [6.45, 7) is 3.79. The molecule has 2 aromatic rings. The van der Waals surface area contributed by atoms with E-state index in [9.17, 15) is 10.1 Å². The van der Waals surface area contributed by atoms with Crippen LogP contribution in [-0.4, -0.2) is 45.9 Å². The Balaban J connectivity index is 1.89. The average molecular weight is 262 g/mol. The topological polar surface area (TPSA) is 73.4 Å². The summed E-state index contributed by atoms with van der Waals surface area (Å²) >= 11 is 0. The Bertz CT molecular complexity index is 604. The molecule has 0 unspecified atom stereocenters. The number of benzene rings is 1. The van der Waals surface area contributed by atoms with E-state index in [4.69, 9.17) is 4.74 Å². The van der Waals surface area contributed by atoms with Crippen LogP contribution in [0.2, 0.25) is 0 Å². The zero-order valence-corrected chi connectivity index (χ0v) is 10.4. The van der Waals surface area contributed by atoms with Crippen molar-refractivity contribution in [1.29, 1.82) is 0 Å². The lowest BCUT2D eigenvalue weighted by Gasteiger charge is -2.26. The second-order valence-electron chi connectivity index (χ2n) is 4.52. The first-order chi connectivity index (χ1) is 9.24. The number of morpholine rings is 1. The fraction of sp³-hybridized carbons (Fsp3) is 0.417. The Kier molecular flexibility index (Phi) is 3.14. The van der Waals surface area contributed by atoms with Crippen LogP contribution in [0, 0.1) is 10.1 Å². The highest BCUT2D eigenvalue weighted by molar-refractivity contribution is 5.80. The van der Waals surface area contributed by atoms with Crippen molar-refractivity contribution in [2.45, 2.75) is 6.67 Å². The van der Waals surface area contributed by atoms with Gasteiger partial charge in [-0.15, -0.1) is 0 Å². The van der Waals surface area contributed by atoms with Gasteiger partial charge in [0.1, 0.15) is 0 Å². The lowest BCUT2D eigenvalue weighted by molar-refractivity contribution is -0.384. The van der Waals surface area contributed by atoms with Crippen molar-refractivity contribution < 1.29 is 9.66 Å². The van der Waals surface area contributed by atoms with E-state index in [1.165, 1.54) is 6.07 Å². The molecule has 1 aromatic carbocycles. The Morgan fingerprint density at radius 1 is 1.37 bits per heavy atom. The molecule has 1 aromatic heterocycles. The van der Waals surface area contributed by atoms with Gasteiger partial charge in [0.15, 0.2) is 0 Å². The molecule has 1 aliphatic rings. The summed E-state index contributed by atoms with van der Waals surface area (Å²) in [5, 5.41) is 16.0. The molecule has 7 heteroatoms. The number of rotatable bonds is 3. The van der Waals surface area contributed by atoms with Gasteiger partial charge in [0, 0.05) is 30.6 Å². The largest absolute Gasteiger partial charge is 0.379 e. The molecule has 0 N–H and O–H groups in total. The van der Waals surface area contributed by atoms with Gasteiger partial charge in [0.05, 0.1) is 36.5 Å². The van der Waals surface area contributed by atoms with Gasteiger partial charge in [-0.05, 0) is 6.07 Å². The van der Waals surface area contributed by atoms with Crippen molar-refractivity contribution in [2.75, 3.05) is 26.3 Å². The van der Waals surface area contributed by atoms with E-state index in [2.05, 4.69) is 10.00 Å². The van der Waals surface area contributed by atoms with Crippen molar-refractivity contribution >= 4 is 16.6 Å². The fourth-order valence-electron chi connectivity index (χ4n) is 2.22. The third-order valence-corrected chi connectivity index (χ3v) is 3.28. The lowest BCUT2D eigenvalue weighted by Crippen LogP contribution is -2.37. The predicted octanol–water partition coefficient (Wildman–Crippen LogP) is 1.23. The first kappa shape index (κ1) is 12.1. The van der Waals surface area contributed by atoms with Crippen molar-refractivity contribution in [3.8, 4) is 0 Å². The minimum Gasteiger partial charge on any atom is -0.379 e. The number of ether oxygens (including phenoxy) is 1. The van der Waals surface area contributed by atoms with Crippen LogP contribution < -0.4 is 0 Å². The maximum absolute atomic E-state index is 10.8. The van der Waals surface area contributed by atoms with Gasteiger partial charge >= 0.3 is 0 Å². The van der Waals surface area contributed by atoms with Crippen LogP contribution in [0.25, 0.3) is 10.9 Å². The average Bonchev–Trinajstić information content (AvgIpc) is 2.82. The molecular weight excluding hydrogens is 248 g/mol. The monoisotopic (exact) mass is 262 g/mol. The van der Waals surface area contributed by atoms with Gasteiger partial charge in [-0.25, -0.2) is 0 Å². The van der Waals surface area contributed by atoms with E-state index < -0.39 is 0 Å². The predicted molar refractivity (Wildman–Crippen MR) is 68.8 cm³/mol. The quantitative estimate of drug-likeness (QED) is 0.614. The summed E-state index contributed by atoms with van der Waals surface area (Å²) in [5.41, 5.74) is 0.886. The fourth-order valence-corrected chi connectivity index (χ4v) is 2.22. The molecule has 2 heterocycles. The Morgan fingerprint density at radius 3 is 2.89 bits per heavy atom. The highest BCUT2D eigenvalue weighted by Crippen LogP contribution is 2.20. The third kappa shape index (κ3) is 2.42. The molecule has 1 saturated heterocycles. The first-order valence-corrected chi connectivity index (χ1v) is 6.14.